The predicted molar refractivity (Wildman–Crippen MR) is 84.6 cm³/mol. The molecule has 1 fully saturated rings. The van der Waals surface area contributed by atoms with Gasteiger partial charge >= 0.3 is 0 Å². The summed E-state index contributed by atoms with van der Waals surface area (Å²) in [5.41, 5.74) is 0.419. The lowest BCUT2D eigenvalue weighted by molar-refractivity contribution is 0.0695. The molecule has 3 heteroatoms. The maximum atomic E-state index is 12.8. The van der Waals surface area contributed by atoms with Gasteiger partial charge in [0.15, 0.2) is 0 Å². The second-order valence-electron chi connectivity index (χ2n) is 5.91. The minimum atomic E-state index is -0.0485. The first-order chi connectivity index (χ1) is 10.2. The molecule has 110 valence electrons. The number of hydrogen-bond donors (Lipinski definition) is 1. The molecule has 1 N–H and O–H groups in total. The molecule has 0 radical (unpaired) electrons. The van der Waals surface area contributed by atoms with E-state index in [1.807, 2.05) is 35.2 Å². The zero-order valence-corrected chi connectivity index (χ0v) is 12.4. The molecule has 0 saturated carbocycles. The lowest BCUT2D eigenvalue weighted by atomic mass is 10.0. The van der Waals surface area contributed by atoms with E-state index in [4.69, 9.17) is 0 Å². The van der Waals surface area contributed by atoms with Crippen LogP contribution in [0.15, 0.2) is 36.4 Å². The topological polar surface area (TPSA) is 40.5 Å². The van der Waals surface area contributed by atoms with Crippen molar-refractivity contribution >= 4 is 16.7 Å². The molecule has 1 aliphatic rings. The van der Waals surface area contributed by atoms with Crippen LogP contribution in [0.4, 0.5) is 0 Å². The van der Waals surface area contributed by atoms with E-state index in [9.17, 15) is 9.90 Å². The van der Waals surface area contributed by atoms with Crippen LogP contribution >= 0.6 is 0 Å². The standard InChI is InChI=1S/C18H21NO2/c1-13-7-3-2-6-10-19(13)18(21)16-11-14-8-4-5-9-15(14)12-17(16)20/h4-5,8-9,11-13,20H,2-3,6-7,10H2,1H3. The van der Waals surface area contributed by atoms with Gasteiger partial charge in [-0.2, -0.15) is 0 Å². The Kier molecular flexibility index (Phi) is 3.82. The van der Waals surface area contributed by atoms with E-state index >= 15 is 0 Å². The van der Waals surface area contributed by atoms with Gasteiger partial charge in [-0.15, -0.1) is 0 Å². The summed E-state index contributed by atoms with van der Waals surface area (Å²) in [7, 11) is 0. The molecule has 1 heterocycles. The van der Waals surface area contributed by atoms with Gasteiger partial charge < -0.3 is 10.0 Å². The van der Waals surface area contributed by atoms with Gasteiger partial charge in [0, 0.05) is 12.6 Å². The van der Waals surface area contributed by atoms with Crippen molar-refractivity contribution in [3.8, 4) is 5.75 Å². The van der Waals surface area contributed by atoms with Crippen LogP contribution < -0.4 is 0 Å². The van der Waals surface area contributed by atoms with E-state index < -0.39 is 0 Å². The highest BCUT2D eigenvalue weighted by molar-refractivity contribution is 6.01. The van der Waals surface area contributed by atoms with Crippen LogP contribution in [0.2, 0.25) is 0 Å². The number of fused-ring (bicyclic) bond motifs is 1. The normalized spacial score (nSPS) is 19.5. The van der Waals surface area contributed by atoms with Crippen molar-refractivity contribution in [3.63, 3.8) is 0 Å². The Morgan fingerprint density at radius 3 is 2.62 bits per heavy atom. The fourth-order valence-corrected chi connectivity index (χ4v) is 3.13. The molecule has 2 aromatic rings. The number of benzene rings is 2. The first kappa shape index (κ1) is 13.9. The average molecular weight is 283 g/mol. The Morgan fingerprint density at radius 2 is 1.86 bits per heavy atom. The first-order valence-electron chi connectivity index (χ1n) is 7.69. The number of hydrogen-bond acceptors (Lipinski definition) is 2. The number of phenolic OH excluding ortho intramolecular Hbond substituents is 1. The van der Waals surface area contributed by atoms with E-state index in [-0.39, 0.29) is 17.7 Å². The van der Waals surface area contributed by atoms with Crippen molar-refractivity contribution in [2.75, 3.05) is 6.54 Å². The average Bonchev–Trinajstić information content (AvgIpc) is 2.70. The van der Waals surface area contributed by atoms with Crippen molar-refractivity contribution in [1.82, 2.24) is 4.90 Å². The lowest BCUT2D eigenvalue weighted by Crippen LogP contribution is -2.38. The third kappa shape index (κ3) is 2.73. The summed E-state index contributed by atoms with van der Waals surface area (Å²) < 4.78 is 0. The van der Waals surface area contributed by atoms with Gasteiger partial charge in [0.05, 0.1) is 5.56 Å². The van der Waals surface area contributed by atoms with Crippen LogP contribution in [-0.2, 0) is 0 Å². The van der Waals surface area contributed by atoms with Crippen molar-refractivity contribution in [2.24, 2.45) is 0 Å². The van der Waals surface area contributed by atoms with E-state index in [0.29, 0.717) is 5.56 Å². The molecule has 0 spiro atoms. The Morgan fingerprint density at radius 1 is 1.14 bits per heavy atom. The zero-order valence-electron chi connectivity index (χ0n) is 12.4. The molecule has 1 atom stereocenters. The molecule has 1 amide bonds. The van der Waals surface area contributed by atoms with E-state index in [2.05, 4.69) is 6.92 Å². The second kappa shape index (κ2) is 5.76. The van der Waals surface area contributed by atoms with Crippen LogP contribution in [0.25, 0.3) is 10.8 Å². The van der Waals surface area contributed by atoms with Crippen LogP contribution in [0.5, 0.6) is 5.75 Å². The van der Waals surface area contributed by atoms with E-state index in [0.717, 1.165) is 30.2 Å². The van der Waals surface area contributed by atoms with Crippen molar-refractivity contribution < 1.29 is 9.90 Å². The minimum Gasteiger partial charge on any atom is -0.507 e. The zero-order chi connectivity index (χ0) is 14.8. The maximum Gasteiger partial charge on any atom is 0.257 e. The van der Waals surface area contributed by atoms with Crippen molar-refractivity contribution in [1.29, 1.82) is 0 Å². The van der Waals surface area contributed by atoms with Gasteiger partial charge in [0.25, 0.3) is 5.91 Å². The fraction of sp³-hybridized carbons (Fsp3) is 0.389. The predicted octanol–water partition coefficient (Wildman–Crippen LogP) is 3.95. The molecule has 1 aliphatic heterocycles. The highest BCUT2D eigenvalue weighted by Gasteiger charge is 2.25. The summed E-state index contributed by atoms with van der Waals surface area (Å²) in [4.78, 5) is 14.7. The quantitative estimate of drug-likeness (QED) is 0.861. The van der Waals surface area contributed by atoms with Gasteiger partial charge in [-0.05, 0) is 42.7 Å². The molecule has 3 nitrogen and oxygen atoms in total. The number of carbonyl (C=O) groups excluding carboxylic acids is 1. The van der Waals surface area contributed by atoms with Gasteiger partial charge in [-0.3, -0.25) is 4.79 Å². The molecular weight excluding hydrogens is 262 g/mol. The van der Waals surface area contributed by atoms with Crippen molar-refractivity contribution in [2.45, 2.75) is 38.6 Å². The minimum absolute atomic E-state index is 0.0485. The fourth-order valence-electron chi connectivity index (χ4n) is 3.13. The Bertz CT molecular complexity index is 665. The first-order valence-corrected chi connectivity index (χ1v) is 7.69. The smallest absolute Gasteiger partial charge is 0.257 e. The Hall–Kier alpha value is -2.03. The number of aromatic hydroxyl groups is 1. The number of likely N-dealkylation sites (tertiary alicyclic amines) is 1. The SMILES string of the molecule is CC1CCCCCN1C(=O)c1cc2ccccc2cc1O. The van der Waals surface area contributed by atoms with Gasteiger partial charge in [0.1, 0.15) is 5.75 Å². The molecule has 2 aromatic carbocycles. The molecule has 21 heavy (non-hydrogen) atoms. The lowest BCUT2D eigenvalue weighted by Gasteiger charge is -2.27. The highest BCUT2D eigenvalue weighted by atomic mass is 16.3. The summed E-state index contributed by atoms with van der Waals surface area (Å²) in [6.45, 7) is 2.88. The van der Waals surface area contributed by atoms with E-state index in [1.54, 1.807) is 6.07 Å². The summed E-state index contributed by atoms with van der Waals surface area (Å²) in [5, 5.41) is 12.2. The molecule has 1 unspecified atom stereocenters. The summed E-state index contributed by atoms with van der Waals surface area (Å²) in [6, 6.07) is 11.5. The largest absolute Gasteiger partial charge is 0.507 e. The Balaban J connectivity index is 1.98. The van der Waals surface area contributed by atoms with Crippen LogP contribution in [0.3, 0.4) is 0 Å². The van der Waals surface area contributed by atoms with Gasteiger partial charge in [0.2, 0.25) is 0 Å². The molecule has 0 bridgehead atoms. The summed E-state index contributed by atoms with van der Waals surface area (Å²) in [6.07, 6.45) is 4.44. The van der Waals surface area contributed by atoms with Crippen LogP contribution in [0, 0.1) is 0 Å². The molecule has 1 saturated heterocycles. The van der Waals surface area contributed by atoms with Crippen molar-refractivity contribution in [3.05, 3.63) is 42.0 Å². The molecular formula is C18H21NO2. The van der Waals surface area contributed by atoms with Crippen LogP contribution in [0.1, 0.15) is 43.0 Å². The van der Waals surface area contributed by atoms with E-state index in [1.165, 1.54) is 12.8 Å². The second-order valence-corrected chi connectivity index (χ2v) is 5.91. The third-order valence-corrected chi connectivity index (χ3v) is 4.41. The summed E-state index contributed by atoms with van der Waals surface area (Å²) in [5.74, 6) is 0.0304. The number of amides is 1. The third-order valence-electron chi connectivity index (χ3n) is 4.41. The Labute approximate surface area is 125 Å². The molecule has 0 aliphatic carbocycles. The number of phenols is 1. The molecule has 3 rings (SSSR count). The highest BCUT2D eigenvalue weighted by Crippen LogP contribution is 2.28. The van der Waals surface area contributed by atoms with Crippen LogP contribution in [-0.4, -0.2) is 28.5 Å². The van der Waals surface area contributed by atoms with Gasteiger partial charge in [-0.25, -0.2) is 0 Å². The number of nitrogens with zero attached hydrogens (tertiary/aromatic N) is 1. The van der Waals surface area contributed by atoms with Gasteiger partial charge in [-0.1, -0.05) is 37.1 Å². The number of rotatable bonds is 1. The maximum absolute atomic E-state index is 12.8. The number of carbonyl (C=O) groups is 1. The molecule has 0 aromatic heterocycles. The monoisotopic (exact) mass is 283 g/mol. The summed E-state index contributed by atoms with van der Waals surface area (Å²) >= 11 is 0.